The van der Waals surface area contributed by atoms with Crippen LogP contribution in [0.4, 0.5) is 4.79 Å². The van der Waals surface area contributed by atoms with Crippen LogP contribution in [0, 0.1) is 11.8 Å². The predicted octanol–water partition coefficient (Wildman–Crippen LogP) is 3.03. The van der Waals surface area contributed by atoms with Crippen molar-refractivity contribution in [3.8, 4) is 0 Å². The third kappa shape index (κ3) is 7.45. The van der Waals surface area contributed by atoms with Crippen molar-refractivity contribution in [1.82, 2.24) is 10.2 Å². The second kappa shape index (κ2) is 11.1. The number of likely N-dealkylation sites (tertiary alicyclic amines) is 1. The normalized spacial score (nSPS) is 17.2. The number of hydrogen-bond acceptors (Lipinski definition) is 4. The van der Waals surface area contributed by atoms with Crippen molar-refractivity contribution in [2.24, 2.45) is 11.8 Å². The molecule has 5 heteroatoms. The fourth-order valence-electron chi connectivity index (χ4n) is 3.32. The Hall–Kier alpha value is -1.59. The van der Waals surface area contributed by atoms with Crippen molar-refractivity contribution < 1.29 is 14.6 Å². The van der Waals surface area contributed by atoms with Crippen LogP contribution < -0.4 is 5.32 Å². The molecule has 140 valence electrons. The molecule has 2 rings (SSSR count). The first kappa shape index (κ1) is 19.7. The minimum Gasteiger partial charge on any atom is -0.445 e. The van der Waals surface area contributed by atoms with Gasteiger partial charge in [0.15, 0.2) is 0 Å². The number of benzene rings is 1. The molecule has 0 aliphatic carbocycles. The van der Waals surface area contributed by atoms with Gasteiger partial charge < -0.3 is 20.1 Å². The summed E-state index contributed by atoms with van der Waals surface area (Å²) in [7, 11) is 0. The molecule has 0 saturated carbocycles. The molecule has 1 atom stereocenters. The lowest BCUT2D eigenvalue weighted by Crippen LogP contribution is -2.37. The zero-order chi connectivity index (χ0) is 17.9. The van der Waals surface area contributed by atoms with Gasteiger partial charge in [-0.15, -0.1) is 0 Å². The van der Waals surface area contributed by atoms with E-state index in [9.17, 15) is 9.90 Å². The number of carbonyl (C=O) groups excluding carboxylic acids is 1. The lowest BCUT2D eigenvalue weighted by Gasteiger charge is -2.34. The molecule has 1 aliphatic heterocycles. The van der Waals surface area contributed by atoms with Gasteiger partial charge in [0.1, 0.15) is 6.61 Å². The number of amides is 1. The van der Waals surface area contributed by atoms with E-state index in [1.165, 1.54) is 12.8 Å². The topological polar surface area (TPSA) is 61.8 Å². The van der Waals surface area contributed by atoms with E-state index in [2.05, 4.69) is 17.1 Å². The Bertz CT molecular complexity index is 487. The average molecular weight is 348 g/mol. The Labute approximate surface area is 151 Å². The number of piperidine rings is 1. The summed E-state index contributed by atoms with van der Waals surface area (Å²) in [5.41, 5.74) is 0.997. The van der Waals surface area contributed by atoms with Gasteiger partial charge >= 0.3 is 6.09 Å². The highest BCUT2D eigenvalue weighted by atomic mass is 16.5. The van der Waals surface area contributed by atoms with Crippen LogP contribution in [-0.4, -0.2) is 48.9 Å². The van der Waals surface area contributed by atoms with Crippen LogP contribution in [0.5, 0.6) is 0 Å². The number of nitrogens with zero attached hydrogens (tertiary/aromatic N) is 1. The number of alkyl carbamates (subject to hydrolysis) is 1. The van der Waals surface area contributed by atoms with Crippen molar-refractivity contribution in [3.63, 3.8) is 0 Å². The largest absolute Gasteiger partial charge is 0.445 e. The zero-order valence-electron chi connectivity index (χ0n) is 15.3. The Balaban J connectivity index is 1.47. The first-order chi connectivity index (χ1) is 12.2. The Morgan fingerprint density at radius 2 is 2.00 bits per heavy atom. The highest BCUT2D eigenvalue weighted by Gasteiger charge is 2.22. The second-order valence-electron chi connectivity index (χ2n) is 7.03. The van der Waals surface area contributed by atoms with Crippen LogP contribution in [0.25, 0.3) is 0 Å². The van der Waals surface area contributed by atoms with Crippen LogP contribution in [0.3, 0.4) is 0 Å². The van der Waals surface area contributed by atoms with Crippen LogP contribution in [0.2, 0.25) is 0 Å². The van der Waals surface area contributed by atoms with E-state index in [0.29, 0.717) is 31.6 Å². The van der Waals surface area contributed by atoms with Crippen molar-refractivity contribution in [3.05, 3.63) is 35.9 Å². The maximum Gasteiger partial charge on any atom is 0.407 e. The molecular weight excluding hydrogens is 316 g/mol. The SMILES string of the molecule is CC(CO)C1CCN(CCCCNC(=O)OCc2ccccc2)CC1. The van der Waals surface area contributed by atoms with Gasteiger partial charge in [-0.05, 0) is 62.7 Å². The lowest BCUT2D eigenvalue weighted by atomic mass is 9.86. The number of aliphatic hydroxyl groups excluding tert-OH is 1. The molecular formula is C20H32N2O3. The number of aliphatic hydroxyl groups is 1. The van der Waals surface area contributed by atoms with E-state index in [1.807, 2.05) is 30.3 Å². The van der Waals surface area contributed by atoms with Gasteiger partial charge in [-0.1, -0.05) is 37.3 Å². The van der Waals surface area contributed by atoms with E-state index in [0.717, 1.165) is 38.0 Å². The Morgan fingerprint density at radius 1 is 1.28 bits per heavy atom. The summed E-state index contributed by atoms with van der Waals surface area (Å²) in [6.07, 6.45) is 4.08. The van der Waals surface area contributed by atoms with Crippen LogP contribution in [-0.2, 0) is 11.3 Å². The fourth-order valence-corrected chi connectivity index (χ4v) is 3.32. The van der Waals surface area contributed by atoms with Gasteiger partial charge in [-0.25, -0.2) is 4.79 Å². The van der Waals surface area contributed by atoms with E-state index in [4.69, 9.17) is 4.74 Å². The molecule has 5 nitrogen and oxygen atoms in total. The predicted molar refractivity (Wildman–Crippen MR) is 99.3 cm³/mol. The molecule has 1 fully saturated rings. The third-order valence-electron chi connectivity index (χ3n) is 5.11. The average Bonchev–Trinajstić information content (AvgIpc) is 2.67. The number of ether oxygens (including phenoxy) is 1. The summed E-state index contributed by atoms with van der Waals surface area (Å²) in [6.45, 7) is 6.75. The minimum absolute atomic E-state index is 0.302. The fraction of sp³-hybridized carbons (Fsp3) is 0.650. The molecule has 0 radical (unpaired) electrons. The molecule has 1 aromatic rings. The molecule has 0 aromatic heterocycles. The van der Waals surface area contributed by atoms with Crippen molar-refractivity contribution >= 4 is 6.09 Å². The van der Waals surface area contributed by atoms with Gasteiger partial charge in [0, 0.05) is 13.2 Å². The molecule has 1 heterocycles. The quantitative estimate of drug-likeness (QED) is 0.674. The monoisotopic (exact) mass is 348 g/mol. The first-order valence-electron chi connectivity index (χ1n) is 9.47. The molecule has 25 heavy (non-hydrogen) atoms. The number of rotatable bonds is 9. The molecule has 1 aliphatic rings. The van der Waals surface area contributed by atoms with E-state index < -0.39 is 0 Å². The van der Waals surface area contributed by atoms with Crippen molar-refractivity contribution in [1.29, 1.82) is 0 Å². The molecule has 1 aromatic carbocycles. The molecule has 1 unspecified atom stereocenters. The van der Waals surface area contributed by atoms with Crippen molar-refractivity contribution in [2.45, 2.75) is 39.2 Å². The Morgan fingerprint density at radius 3 is 2.68 bits per heavy atom. The highest BCUT2D eigenvalue weighted by Crippen LogP contribution is 2.24. The number of unbranched alkanes of at least 4 members (excludes halogenated alkanes) is 1. The first-order valence-corrected chi connectivity index (χ1v) is 9.47. The molecule has 0 bridgehead atoms. The number of nitrogens with one attached hydrogen (secondary N) is 1. The zero-order valence-corrected chi connectivity index (χ0v) is 15.3. The molecule has 0 spiro atoms. The summed E-state index contributed by atoms with van der Waals surface area (Å²) in [6, 6.07) is 9.70. The van der Waals surface area contributed by atoms with Gasteiger partial charge in [-0.3, -0.25) is 0 Å². The van der Waals surface area contributed by atoms with Gasteiger partial charge in [0.05, 0.1) is 0 Å². The van der Waals surface area contributed by atoms with E-state index in [-0.39, 0.29) is 6.09 Å². The highest BCUT2D eigenvalue weighted by molar-refractivity contribution is 5.67. The van der Waals surface area contributed by atoms with E-state index >= 15 is 0 Å². The summed E-state index contributed by atoms with van der Waals surface area (Å²) >= 11 is 0. The van der Waals surface area contributed by atoms with Crippen LogP contribution in [0.1, 0.15) is 38.2 Å². The number of carbonyl (C=O) groups is 1. The van der Waals surface area contributed by atoms with Gasteiger partial charge in [0.2, 0.25) is 0 Å². The molecule has 1 amide bonds. The van der Waals surface area contributed by atoms with Crippen LogP contribution in [0.15, 0.2) is 30.3 Å². The lowest BCUT2D eigenvalue weighted by molar-refractivity contribution is 0.114. The third-order valence-corrected chi connectivity index (χ3v) is 5.11. The summed E-state index contributed by atoms with van der Waals surface area (Å²) in [4.78, 5) is 14.1. The Kier molecular flexibility index (Phi) is 8.77. The smallest absolute Gasteiger partial charge is 0.407 e. The molecule has 1 saturated heterocycles. The number of hydrogen-bond donors (Lipinski definition) is 2. The minimum atomic E-state index is -0.345. The maximum absolute atomic E-state index is 11.6. The van der Waals surface area contributed by atoms with Crippen LogP contribution >= 0.6 is 0 Å². The summed E-state index contributed by atoms with van der Waals surface area (Å²) in [5, 5.41) is 12.1. The van der Waals surface area contributed by atoms with Gasteiger partial charge in [0.25, 0.3) is 0 Å². The standard InChI is InChI=1S/C20H32N2O3/c1-17(15-23)19-9-13-22(14-10-19)12-6-5-11-21-20(24)25-16-18-7-3-2-4-8-18/h2-4,7-8,17,19,23H,5-6,9-16H2,1H3,(H,21,24). The summed E-state index contributed by atoms with van der Waals surface area (Å²) in [5.74, 6) is 1.09. The van der Waals surface area contributed by atoms with Crippen molar-refractivity contribution in [2.75, 3.05) is 32.8 Å². The second-order valence-corrected chi connectivity index (χ2v) is 7.03. The summed E-state index contributed by atoms with van der Waals surface area (Å²) < 4.78 is 5.19. The maximum atomic E-state index is 11.6. The van der Waals surface area contributed by atoms with E-state index in [1.54, 1.807) is 0 Å². The molecule has 2 N–H and O–H groups in total. The van der Waals surface area contributed by atoms with Gasteiger partial charge in [-0.2, -0.15) is 0 Å².